The molecule has 0 aliphatic heterocycles. The third-order valence-electron chi connectivity index (χ3n) is 1.23. The van der Waals surface area contributed by atoms with E-state index in [4.69, 9.17) is 14.8 Å². The number of phenolic OH excluding ortho intramolecular Hbond substituents is 2. The van der Waals surface area contributed by atoms with Crippen molar-refractivity contribution in [2.45, 2.75) is 4.90 Å². The summed E-state index contributed by atoms with van der Waals surface area (Å²) in [6.45, 7) is 0. The highest BCUT2D eigenvalue weighted by Crippen LogP contribution is 2.30. The van der Waals surface area contributed by atoms with Gasteiger partial charge in [-0.1, -0.05) is 6.07 Å². The molecule has 0 aliphatic rings. The van der Waals surface area contributed by atoms with E-state index in [9.17, 15) is 4.21 Å². The molecule has 0 saturated heterocycles. The average Bonchev–Trinajstić information content (AvgIpc) is 1.82. The highest BCUT2D eigenvalue weighted by atomic mass is 32.8. The highest BCUT2D eigenvalue weighted by molar-refractivity contribution is 8.29. The van der Waals surface area contributed by atoms with Gasteiger partial charge in [-0.05, 0) is 12.1 Å². The lowest BCUT2D eigenvalue weighted by Gasteiger charge is -2.04. The maximum Gasteiger partial charge on any atom is 0.178 e. The van der Waals surface area contributed by atoms with Crippen molar-refractivity contribution in [1.82, 2.24) is 0 Å². The van der Waals surface area contributed by atoms with Crippen LogP contribution in [0.25, 0.3) is 0 Å². The van der Waals surface area contributed by atoms with Crippen LogP contribution in [-0.2, 0) is 20.0 Å². The maximum atomic E-state index is 10.9. The molecule has 0 radical (unpaired) electrons. The molecule has 0 fully saturated rings. The Hall–Kier alpha value is -0.850. The smallest absolute Gasteiger partial charge is 0.178 e. The lowest BCUT2D eigenvalue weighted by molar-refractivity contribution is 0.421. The van der Waals surface area contributed by atoms with E-state index in [0.717, 1.165) is 0 Å². The first-order valence-electron chi connectivity index (χ1n) is 2.91. The van der Waals surface area contributed by atoms with Crippen LogP contribution in [0.3, 0.4) is 0 Å². The monoisotopic (exact) mass is 206 g/mol. The van der Waals surface area contributed by atoms with Gasteiger partial charge in [-0.15, -0.1) is 0 Å². The Kier molecular flexibility index (Phi) is 2.22. The van der Waals surface area contributed by atoms with Gasteiger partial charge in [0.2, 0.25) is 0 Å². The molecule has 1 aromatic carbocycles. The summed E-state index contributed by atoms with van der Waals surface area (Å²) in [5.74, 6) is -0.949. The van der Waals surface area contributed by atoms with Gasteiger partial charge >= 0.3 is 0 Å². The van der Waals surface area contributed by atoms with E-state index in [0.29, 0.717) is 0 Å². The van der Waals surface area contributed by atoms with E-state index in [-0.39, 0.29) is 0 Å². The molecule has 0 amide bonds. The minimum absolute atomic E-state index is 0.475. The van der Waals surface area contributed by atoms with Gasteiger partial charge in [0, 0.05) is 11.2 Å². The number of hydrogen-bond acceptors (Lipinski definition) is 4. The quantitative estimate of drug-likeness (QED) is 0.629. The molecule has 0 spiro atoms. The summed E-state index contributed by atoms with van der Waals surface area (Å²) in [5.41, 5.74) is 0. The van der Waals surface area contributed by atoms with E-state index >= 15 is 0 Å². The summed E-state index contributed by atoms with van der Waals surface area (Å²) in [5, 5.41) is 18.1. The Balaban J connectivity index is 3.53. The third kappa shape index (κ3) is 1.66. The molecule has 0 bridgehead atoms. The predicted molar refractivity (Wildman–Crippen MR) is 46.2 cm³/mol. The minimum Gasteiger partial charge on any atom is -0.506 e. The van der Waals surface area contributed by atoms with Crippen molar-refractivity contribution in [3.8, 4) is 11.5 Å². The van der Waals surface area contributed by atoms with Crippen LogP contribution in [0.2, 0.25) is 0 Å². The Morgan fingerprint density at radius 1 is 1.25 bits per heavy atom. The molecule has 0 heterocycles. The zero-order valence-corrected chi connectivity index (χ0v) is 7.43. The number of rotatable bonds is 1. The number of benzene rings is 1. The molecular formula is C6H6O4S2. The summed E-state index contributed by atoms with van der Waals surface area (Å²) in [7, 11) is -3.73. The van der Waals surface area contributed by atoms with Crippen molar-refractivity contribution in [2.24, 2.45) is 0 Å². The minimum atomic E-state index is -3.73. The molecular weight excluding hydrogens is 200 g/mol. The first kappa shape index (κ1) is 9.24. The van der Waals surface area contributed by atoms with Crippen molar-refractivity contribution in [3.05, 3.63) is 18.2 Å². The first-order chi connectivity index (χ1) is 5.43. The van der Waals surface area contributed by atoms with Gasteiger partial charge in [-0.25, -0.2) is 4.21 Å². The zero-order valence-electron chi connectivity index (χ0n) is 5.80. The largest absolute Gasteiger partial charge is 0.506 e. The molecule has 66 valence electrons. The second kappa shape index (κ2) is 2.89. The summed E-state index contributed by atoms with van der Waals surface area (Å²) in [6, 6.07) is 3.70. The van der Waals surface area contributed by atoms with E-state index in [1.807, 2.05) is 0 Å². The van der Waals surface area contributed by atoms with Gasteiger partial charge in [-0.3, -0.25) is 0 Å². The standard InChI is InChI=1S/C6H6O4S2/c7-4-2-1-3-5(8)6(4)12(9,10)11/h1-3,7-8H,(H,9,10,11). The Bertz CT molecular complexity index is 376. The van der Waals surface area contributed by atoms with E-state index in [1.54, 1.807) is 0 Å². The van der Waals surface area contributed by atoms with E-state index < -0.39 is 25.2 Å². The van der Waals surface area contributed by atoms with Gasteiger partial charge in [-0.2, -0.15) is 0 Å². The van der Waals surface area contributed by atoms with Crippen LogP contribution in [0.5, 0.6) is 11.5 Å². The normalized spacial score (nSPS) is 15.4. The van der Waals surface area contributed by atoms with Crippen molar-refractivity contribution in [2.75, 3.05) is 0 Å². The highest BCUT2D eigenvalue weighted by Gasteiger charge is 2.15. The molecule has 3 N–H and O–H groups in total. The fourth-order valence-corrected chi connectivity index (χ4v) is 1.95. The molecule has 6 heteroatoms. The Morgan fingerprint density at radius 3 is 1.92 bits per heavy atom. The number of aromatic hydroxyl groups is 2. The van der Waals surface area contributed by atoms with Gasteiger partial charge in [0.05, 0.1) is 0 Å². The lowest BCUT2D eigenvalue weighted by atomic mass is 10.3. The second-order valence-electron chi connectivity index (χ2n) is 2.10. The van der Waals surface area contributed by atoms with Crippen LogP contribution >= 0.6 is 0 Å². The zero-order chi connectivity index (χ0) is 9.35. The van der Waals surface area contributed by atoms with Crippen LogP contribution in [0.1, 0.15) is 0 Å². The van der Waals surface area contributed by atoms with Crippen LogP contribution < -0.4 is 0 Å². The molecule has 0 aromatic heterocycles. The van der Waals surface area contributed by atoms with Crippen molar-refractivity contribution in [1.29, 1.82) is 0 Å². The van der Waals surface area contributed by atoms with Crippen LogP contribution in [0.15, 0.2) is 23.1 Å². The predicted octanol–water partition coefficient (Wildman–Crippen LogP) is 0.676. The molecule has 1 rings (SSSR count). The first-order valence-corrected chi connectivity index (χ1v) is 5.35. The van der Waals surface area contributed by atoms with Crippen LogP contribution in [0, 0.1) is 0 Å². The molecule has 0 saturated carbocycles. The molecule has 1 unspecified atom stereocenters. The third-order valence-corrected chi connectivity index (χ3v) is 2.67. The van der Waals surface area contributed by atoms with Crippen molar-refractivity contribution >= 4 is 20.0 Å². The molecule has 0 aliphatic carbocycles. The molecule has 12 heavy (non-hydrogen) atoms. The number of hydrogen-bond donors (Lipinski definition) is 3. The summed E-state index contributed by atoms with van der Waals surface area (Å²) in [4.78, 5) is -0.500. The Labute approximate surface area is 74.0 Å². The molecule has 1 atom stereocenters. The van der Waals surface area contributed by atoms with Crippen molar-refractivity contribution in [3.63, 3.8) is 0 Å². The van der Waals surface area contributed by atoms with Crippen LogP contribution in [0.4, 0.5) is 0 Å². The van der Waals surface area contributed by atoms with Crippen molar-refractivity contribution < 1.29 is 19.0 Å². The second-order valence-corrected chi connectivity index (χ2v) is 4.81. The summed E-state index contributed by atoms with van der Waals surface area (Å²) in [6.07, 6.45) is 0. The van der Waals surface area contributed by atoms with Crippen LogP contribution in [-0.4, -0.2) is 19.0 Å². The maximum absolute atomic E-state index is 10.9. The van der Waals surface area contributed by atoms with E-state index in [2.05, 4.69) is 11.2 Å². The number of phenols is 2. The average molecular weight is 206 g/mol. The fourth-order valence-electron chi connectivity index (χ4n) is 0.777. The fraction of sp³-hybridized carbons (Fsp3) is 0. The summed E-state index contributed by atoms with van der Waals surface area (Å²) >= 11 is 4.19. The molecule has 1 aromatic rings. The van der Waals surface area contributed by atoms with Gasteiger partial charge in [0.15, 0.2) is 8.77 Å². The lowest BCUT2D eigenvalue weighted by Crippen LogP contribution is -1.96. The topological polar surface area (TPSA) is 77.8 Å². The van der Waals surface area contributed by atoms with Gasteiger partial charge in [0.1, 0.15) is 16.4 Å². The SMILES string of the molecule is O=S(O)(=S)c1c(O)cccc1O. The summed E-state index contributed by atoms with van der Waals surface area (Å²) < 4.78 is 19.8. The van der Waals surface area contributed by atoms with Gasteiger partial charge in [0.25, 0.3) is 0 Å². The van der Waals surface area contributed by atoms with E-state index in [1.165, 1.54) is 18.2 Å². The molecule has 4 nitrogen and oxygen atoms in total. The Morgan fingerprint density at radius 2 is 1.67 bits per heavy atom. The van der Waals surface area contributed by atoms with Gasteiger partial charge < -0.3 is 14.8 Å².